The molecule has 0 bridgehead atoms. The third kappa shape index (κ3) is 4.39. The van der Waals surface area contributed by atoms with Gasteiger partial charge >= 0.3 is 0 Å². The van der Waals surface area contributed by atoms with Gasteiger partial charge in [0.15, 0.2) is 11.5 Å². The average Bonchev–Trinajstić information content (AvgIpc) is 3.37. The minimum absolute atomic E-state index is 0.000887. The van der Waals surface area contributed by atoms with E-state index in [1.807, 2.05) is 12.1 Å². The number of hydrogen-bond donors (Lipinski definition) is 0. The van der Waals surface area contributed by atoms with Crippen molar-refractivity contribution in [2.75, 3.05) is 14.2 Å². The van der Waals surface area contributed by atoms with E-state index in [1.54, 1.807) is 22.5 Å². The van der Waals surface area contributed by atoms with Gasteiger partial charge in [0.1, 0.15) is 11.4 Å². The lowest BCUT2D eigenvalue weighted by molar-refractivity contribution is 0.138. The Balaban J connectivity index is 1.68. The zero-order valence-corrected chi connectivity index (χ0v) is 19.5. The number of ether oxygens (including phenoxy) is 3. The molecule has 0 N–H and O–H groups in total. The van der Waals surface area contributed by atoms with E-state index in [0.717, 1.165) is 49.0 Å². The van der Waals surface area contributed by atoms with Gasteiger partial charge in [0.25, 0.3) is 0 Å². The summed E-state index contributed by atoms with van der Waals surface area (Å²) in [6.45, 7) is 4.48. The lowest BCUT2D eigenvalue weighted by Crippen LogP contribution is -2.38. The lowest BCUT2D eigenvalue weighted by Gasteiger charge is -2.28. The summed E-state index contributed by atoms with van der Waals surface area (Å²) >= 11 is 0. The van der Waals surface area contributed by atoms with Crippen molar-refractivity contribution < 1.29 is 22.6 Å². The van der Waals surface area contributed by atoms with Crippen molar-refractivity contribution in [2.24, 2.45) is 0 Å². The van der Waals surface area contributed by atoms with E-state index in [-0.39, 0.29) is 16.5 Å². The number of methoxy groups -OCH3 is 2. The summed E-state index contributed by atoms with van der Waals surface area (Å²) in [6.07, 6.45) is 4.69. The maximum absolute atomic E-state index is 13.7. The molecule has 2 aliphatic rings. The van der Waals surface area contributed by atoms with Crippen LogP contribution in [0.1, 0.15) is 50.7 Å². The van der Waals surface area contributed by atoms with Crippen molar-refractivity contribution in [1.29, 1.82) is 0 Å². The second-order valence-corrected chi connectivity index (χ2v) is 10.9. The van der Waals surface area contributed by atoms with Crippen molar-refractivity contribution in [3.05, 3.63) is 47.5 Å². The van der Waals surface area contributed by atoms with Crippen molar-refractivity contribution in [1.82, 2.24) is 4.31 Å². The van der Waals surface area contributed by atoms with Crippen LogP contribution in [0.2, 0.25) is 0 Å². The second kappa shape index (κ2) is 8.36. The molecule has 0 saturated heterocycles. The Morgan fingerprint density at radius 3 is 2.42 bits per heavy atom. The number of hydrogen-bond acceptors (Lipinski definition) is 5. The Bertz CT molecular complexity index is 1060. The first kappa shape index (κ1) is 22.0. The van der Waals surface area contributed by atoms with Crippen LogP contribution < -0.4 is 14.2 Å². The van der Waals surface area contributed by atoms with Crippen LogP contribution in [0.4, 0.5) is 0 Å². The summed E-state index contributed by atoms with van der Waals surface area (Å²) < 4.78 is 45.7. The Morgan fingerprint density at radius 1 is 1.03 bits per heavy atom. The van der Waals surface area contributed by atoms with E-state index in [1.165, 1.54) is 14.2 Å². The highest BCUT2D eigenvalue weighted by atomic mass is 32.2. The second-order valence-electron chi connectivity index (χ2n) is 8.99. The van der Waals surface area contributed by atoms with Gasteiger partial charge < -0.3 is 14.2 Å². The molecule has 1 heterocycles. The molecule has 0 spiro atoms. The van der Waals surface area contributed by atoms with E-state index in [2.05, 4.69) is 19.9 Å². The van der Waals surface area contributed by atoms with Crippen molar-refractivity contribution in [3.8, 4) is 17.2 Å². The molecule has 1 aliphatic carbocycles. The Kier molecular flexibility index (Phi) is 5.92. The normalized spacial score (nSPS) is 18.1. The van der Waals surface area contributed by atoms with Crippen LogP contribution in [0.5, 0.6) is 17.2 Å². The molecule has 0 amide bonds. The van der Waals surface area contributed by atoms with Crippen LogP contribution in [0.3, 0.4) is 0 Å². The first-order chi connectivity index (χ1) is 14.7. The molecule has 0 atom stereocenters. The Morgan fingerprint density at radius 2 is 1.74 bits per heavy atom. The Hall–Kier alpha value is -2.25. The van der Waals surface area contributed by atoms with Crippen molar-refractivity contribution in [3.63, 3.8) is 0 Å². The van der Waals surface area contributed by atoms with Gasteiger partial charge in [0.2, 0.25) is 10.0 Å². The topological polar surface area (TPSA) is 65.1 Å². The van der Waals surface area contributed by atoms with Gasteiger partial charge in [-0.05, 0) is 56.0 Å². The van der Waals surface area contributed by atoms with Gasteiger partial charge in [-0.3, -0.25) is 0 Å². The molecule has 1 fully saturated rings. The van der Waals surface area contributed by atoms with Gasteiger partial charge in [-0.25, -0.2) is 8.42 Å². The Labute approximate surface area is 185 Å². The quantitative estimate of drug-likeness (QED) is 0.626. The zero-order valence-electron chi connectivity index (χ0n) is 18.7. The highest BCUT2D eigenvalue weighted by Gasteiger charge is 2.35. The third-order valence-electron chi connectivity index (χ3n) is 6.16. The molecule has 2 aromatic rings. The van der Waals surface area contributed by atoms with E-state index >= 15 is 0 Å². The molecule has 0 unspecified atom stereocenters. The molecular weight excluding hydrogens is 414 g/mol. The molecule has 168 valence electrons. The number of sulfonamides is 1. The molecule has 1 aliphatic heterocycles. The SMILES string of the molecule is COc1ccc(S(=O)(=O)N(Cc2ccc3c(c2)CC(C)(C)O3)C2CCCC2)cc1OC. The standard InChI is InChI=1S/C24H31NO5S/c1-24(2)15-18-13-17(9-11-21(18)30-24)16-25(19-7-5-6-8-19)31(26,27)20-10-12-22(28-3)23(14-20)29-4/h9-14,19H,5-8,15-16H2,1-4H3. The van der Waals surface area contributed by atoms with Gasteiger partial charge in [-0.2, -0.15) is 4.31 Å². The highest BCUT2D eigenvalue weighted by Crippen LogP contribution is 2.37. The van der Waals surface area contributed by atoms with Crippen LogP contribution in [-0.2, 0) is 23.0 Å². The summed E-state index contributed by atoms with van der Waals surface area (Å²) in [6, 6.07) is 10.8. The summed E-state index contributed by atoms with van der Waals surface area (Å²) in [5.41, 5.74) is 1.89. The fourth-order valence-corrected chi connectivity index (χ4v) is 6.35. The third-order valence-corrected chi connectivity index (χ3v) is 8.05. The summed E-state index contributed by atoms with van der Waals surface area (Å²) in [5.74, 6) is 1.81. The van der Waals surface area contributed by atoms with E-state index in [0.29, 0.717) is 18.0 Å². The van der Waals surface area contributed by atoms with E-state index in [4.69, 9.17) is 14.2 Å². The predicted octanol–water partition coefficient (Wildman–Crippen LogP) is 4.55. The fraction of sp³-hybridized carbons (Fsp3) is 0.500. The lowest BCUT2D eigenvalue weighted by atomic mass is 10.00. The van der Waals surface area contributed by atoms with Crippen molar-refractivity contribution >= 4 is 10.0 Å². The van der Waals surface area contributed by atoms with Gasteiger partial charge in [-0.15, -0.1) is 0 Å². The summed E-state index contributed by atoms with van der Waals surface area (Å²) in [7, 11) is -0.662. The number of nitrogens with zero attached hydrogens (tertiary/aromatic N) is 1. The molecule has 31 heavy (non-hydrogen) atoms. The summed E-state index contributed by atoms with van der Waals surface area (Å²) in [5, 5.41) is 0. The van der Waals surface area contributed by atoms with E-state index in [9.17, 15) is 8.42 Å². The number of fused-ring (bicyclic) bond motifs is 1. The monoisotopic (exact) mass is 445 g/mol. The van der Waals surface area contributed by atoms with Gasteiger partial charge in [0, 0.05) is 25.1 Å². The molecule has 2 aromatic carbocycles. The van der Waals surface area contributed by atoms with Gasteiger partial charge in [-0.1, -0.05) is 25.0 Å². The minimum atomic E-state index is -3.71. The van der Waals surface area contributed by atoms with Crippen molar-refractivity contribution in [2.45, 2.75) is 69.0 Å². The largest absolute Gasteiger partial charge is 0.493 e. The average molecular weight is 446 g/mol. The zero-order chi connectivity index (χ0) is 22.2. The van der Waals surface area contributed by atoms with E-state index < -0.39 is 10.0 Å². The smallest absolute Gasteiger partial charge is 0.243 e. The number of rotatable bonds is 7. The number of benzene rings is 2. The van der Waals surface area contributed by atoms with Crippen LogP contribution in [0, 0.1) is 0 Å². The van der Waals surface area contributed by atoms with Crippen LogP contribution in [-0.4, -0.2) is 38.6 Å². The first-order valence-electron chi connectivity index (χ1n) is 10.8. The fourth-order valence-electron chi connectivity index (χ4n) is 4.66. The predicted molar refractivity (Wildman–Crippen MR) is 119 cm³/mol. The molecule has 4 rings (SSSR count). The minimum Gasteiger partial charge on any atom is -0.493 e. The molecule has 0 radical (unpaired) electrons. The molecule has 6 nitrogen and oxygen atoms in total. The maximum Gasteiger partial charge on any atom is 0.243 e. The molecular formula is C24H31NO5S. The molecule has 1 saturated carbocycles. The maximum atomic E-state index is 13.7. The molecule has 7 heteroatoms. The molecule has 0 aromatic heterocycles. The van der Waals surface area contributed by atoms with Crippen LogP contribution >= 0.6 is 0 Å². The first-order valence-corrected chi connectivity index (χ1v) is 12.2. The highest BCUT2D eigenvalue weighted by molar-refractivity contribution is 7.89. The van der Waals surface area contributed by atoms with Crippen LogP contribution in [0.25, 0.3) is 0 Å². The summed E-state index contributed by atoms with van der Waals surface area (Å²) in [4.78, 5) is 0.225. The van der Waals surface area contributed by atoms with Gasteiger partial charge in [0.05, 0.1) is 19.1 Å². The van der Waals surface area contributed by atoms with Crippen LogP contribution in [0.15, 0.2) is 41.3 Å².